The quantitative estimate of drug-likeness (QED) is 0.214. The van der Waals surface area contributed by atoms with Gasteiger partial charge >= 0.3 is 0 Å². The van der Waals surface area contributed by atoms with Gasteiger partial charge in [0.2, 0.25) is 0 Å². The maximum Gasteiger partial charge on any atom is 0.159 e. The Morgan fingerprint density at radius 2 is 0.784 bits per heavy atom. The van der Waals surface area contributed by atoms with Crippen molar-refractivity contribution in [3.8, 4) is 0 Å². The summed E-state index contributed by atoms with van der Waals surface area (Å²) < 4.78 is 0. The molecule has 2 unspecified atom stereocenters. The topological polar surface area (TPSA) is 17.1 Å². The van der Waals surface area contributed by atoms with E-state index in [1.807, 2.05) is 80.6 Å². The first-order valence-electron chi connectivity index (χ1n) is 20.7. The minimum Gasteiger partial charge on any atom is -0.295 e. The number of allylic oxidation sites excluding steroid dienone is 6. The van der Waals surface area contributed by atoms with Crippen molar-refractivity contribution in [2.24, 2.45) is 17.8 Å². The summed E-state index contributed by atoms with van der Waals surface area (Å²) in [7, 11) is 0. The van der Waals surface area contributed by atoms with E-state index in [1.165, 1.54) is 141 Å². The van der Waals surface area contributed by atoms with Crippen LogP contribution in [-0.2, 0) is 0 Å². The number of fused-ring (bicyclic) bond motifs is 2. The van der Waals surface area contributed by atoms with Crippen LogP contribution in [0.1, 0.15) is 194 Å². The fraction of sp³-hybridized carbons (Fsp3) is 0.620. The van der Waals surface area contributed by atoms with Gasteiger partial charge in [0, 0.05) is 5.56 Å². The largest absolute Gasteiger partial charge is 0.295 e. The summed E-state index contributed by atoms with van der Waals surface area (Å²) in [6, 6.07) is 21.2. The first kappa shape index (κ1) is 50.4. The Labute approximate surface area is 319 Å². The Morgan fingerprint density at radius 1 is 0.471 bits per heavy atom. The summed E-state index contributed by atoms with van der Waals surface area (Å²) in [6.07, 6.45) is 45.6. The fourth-order valence-electron chi connectivity index (χ4n) is 6.66. The predicted octanol–water partition coefficient (Wildman–Crippen LogP) is 17.0. The maximum atomic E-state index is 10.6. The Bertz CT molecular complexity index is 955. The summed E-state index contributed by atoms with van der Waals surface area (Å²) in [4.78, 5) is 10.6. The maximum absolute atomic E-state index is 10.6. The Morgan fingerprint density at radius 3 is 0.961 bits per heavy atom. The lowest BCUT2D eigenvalue weighted by Gasteiger charge is -2.15. The van der Waals surface area contributed by atoms with Crippen molar-refractivity contribution in [3.05, 3.63) is 109 Å². The van der Waals surface area contributed by atoms with Crippen LogP contribution in [0.5, 0.6) is 0 Å². The molecule has 0 aromatic heterocycles. The molecule has 0 radical (unpaired) electrons. The zero-order valence-electron chi connectivity index (χ0n) is 32.5. The number of Topliss-reactive ketones (excluding diaryl/α,β-unsaturated/α-hetero) is 1. The third-order valence-corrected chi connectivity index (χ3v) is 9.73. The number of benzene rings is 2. The molecule has 2 aromatic rings. The van der Waals surface area contributed by atoms with Gasteiger partial charge in [-0.1, -0.05) is 209 Å². The van der Waals surface area contributed by atoms with Gasteiger partial charge in [-0.05, 0) is 95.3 Å². The van der Waals surface area contributed by atoms with Crippen molar-refractivity contribution in [1.29, 1.82) is 0 Å². The van der Waals surface area contributed by atoms with Crippen LogP contribution in [0.4, 0.5) is 0 Å². The van der Waals surface area contributed by atoms with Gasteiger partial charge in [0.1, 0.15) is 0 Å². The van der Waals surface area contributed by atoms with E-state index >= 15 is 0 Å². The molecule has 1 heteroatoms. The van der Waals surface area contributed by atoms with Gasteiger partial charge in [0.25, 0.3) is 0 Å². The minimum atomic E-state index is 0. The average Bonchev–Trinajstić information content (AvgIpc) is 3.88. The number of hydrogen-bond donors (Lipinski definition) is 0. The van der Waals surface area contributed by atoms with Crippen LogP contribution in [0.25, 0.3) is 0 Å². The van der Waals surface area contributed by atoms with Gasteiger partial charge < -0.3 is 0 Å². The smallest absolute Gasteiger partial charge is 0.159 e. The average molecular weight is 701 g/mol. The van der Waals surface area contributed by atoms with E-state index in [1.54, 1.807) is 6.92 Å². The predicted molar refractivity (Wildman–Crippen MR) is 233 cm³/mol. The second kappa shape index (κ2) is 38.6. The summed E-state index contributed by atoms with van der Waals surface area (Å²) in [6.45, 7) is 7.93. The molecule has 1 nitrogen and oxygen atoms in total. The number of rotatable bonds is 1. The van der Waals surface area contributed by atoms with Crippen molar-refractivity contribution in [1.82, 2.24) is 0 Å². The molecule has 2 aromatic carbocycles. The van der Waals surface area contributed by atoms with Crippen molar-refractivity contribution in [2.45, 2.75) is 184 Å². The molecule has 2 atom stereocenters. The van der Waals surface area contributed by atoms with Gasteiger partial charge in [0.05, 0.1) is 0 Å². The third kappa shape index (κ3) is 31.8. The highest BCUT2D eigenvalue weighted by atomic mass is 16.1. The van der Waals surface area contributed by atoms with Crippen molar-refractivity contribution in [3.63, 3.8) is 0 Å². The van der Waals surface area contributed by atoms with E-state index in [0.717, 1.165) is 23.3 Å². The van der Waals surface area contributed by atoms with E-state index in [-0.39, 0.29) is 20.6 Å². The Kier molecular flexibility index (Phi) is 38.1. The van der Waals surface area contributed by atoms with Crippen molar-refractivity contribution in [2.75, 3.05) is 0 Å². The second-order valence-corrected chi connectivity index (χ2v) is 14.2. The number of carbonyl (C=O) groups excluding carboxylic acids is 1. The van der Waals surface area contributed by atoms with Crippen LogP contribution in [-0.4, -0.2) is 5.78 Å². The van der Waals surface area contributed by atoms with Crippen LogP contribution in [0.2, 0.25) is 0 Å². The molecular weight excluding hydrogens is 617 g/mol. The minimum absolute atomic E-state index is 0. The van der Waals surface area contributed by atoms with E-state index < -0.39 is 0 Å². The van der Waals surface area contributed by atoms with Crippen LogP contribution < -0.4 is 0 Å². The van der Waals surface area contributed by atoms with Crippen LogP contribution in [0.3, 0.4) is 0 Å². The zero-order valence-corrected chi connectivity index (χ0v) is 32.5. The van der Waals surface area contributed by atoms with E-state index in [2.05, 4.69) is 43.4 Å². The molecule has 3 saturated carbocycles. The molecule has 6 aliphatic carbocycles. The molecule has 2 bridgehead atoms. The summed E-state index contributed by atoms with van der Waals surface area (Å²) in [5, 5.41) is 0. The highest BCUT2D eigenvalue weighted by Crippen LogP contribution is 2.38. The Balaban J connectivity index is 0. The van der Waals surface area contributed by atoms with Crippen molar-refractivity contribution >= 4 is 5.78 Å². The second-order valence-electron chi connectivity index (χ2n) is 14.2. The van der Waals surface area contributed by atoms with E-state index in [0.29, 0.717) is 0 Å². The third-order valence-electron chi connectivity index (χ3n) is 9.73. The van der Waals surface area contributed by atoms with E-state index in [9.17, 15) is 4.79 Å². The van der Waals surface area contributed by atoms with Crippen LogP contribution in [0, 0.1) is 17.8 Å². The van der Waals surface area contributed by atoms with E-state index in [4.69, 9.17) is 0 Å². The summed E-state index contributed by atoms with van der Waals surface area (Å²) in [5.74, 6) is 3.14. The molecule has 0 heterocycles. The molecule has 0 aliphatic heterocycles. The summed E-state index contributed by atoms with van der Waals surface area (Å²) in [5.41, 5.74) is 0.775. The Hall–Kier alpha value is -2.67. The van der Waals surface area contributed by atoms with Gasteiger partial charge in [-0.2, -0.15) is 0 Å². The van der Waals surface area contributed by atoms with Crippen LogP contribution >= 0.6 is 0 Å². The molecule has 3 fully saturated rings. The molecular formula is C50H84O. The lowest BCUT2D eigenvalue weighted by molar-refractivity contribution is 0.101. The molecule has 51 heavy (non-hydrogen) atoms. The highest BCUT2D eigenvalue weighted by molar-refractivity contribution is 5.93. The molecule has 0 spiro atoms. The monoisotopic (exact) mass is 701 g/mol. The highest BCUT2D eigenvalue weighted by Gasteiger charge is 2.25. The standard InChI is InChI=1S/C8H8O.C7H10.C7H14.C6H12.2C6H10.C6H6.C2H6.2CH4/c1-7(9)8-5-3-2-4-6-8;1-2-7-4-3-6(1)5-7;1-7-5-3-2-4-6-7;4*1-2-4-6-5-3-1;1-2;;/h2-6H,1H3;1-2,6-7H,3-5H2;7H,2-6H2,1H3;1-6H2;2*1-2H,3-6H2;1-6H;1-2H3;2*1H4. The lowest BCUT2D eigenvalue weighted by Crippen LogP contribution is -1.99. The first-order valence-corrected chi connectivity index (χ1v) is 20.7. The molecule has 0 saturated heterocycles. The fourth-order valence-corrected chi connectivity index (χ4v) is 6.66. The molecule has 8 rings (SSSR count). The van der Waals surface area contributed by atoms with Gasteiger partial charge in [0.15, 0.2) is 5.78 Å². The number of hydrogen-bond acceptors (Lipinski definition) is 1. The molecule has 0 amide bonds. The molecule has 290 valence electrons. The van der Waals surface area contributed by atoms with Crippen molar-refractivity contribution < 1.29 is 4.79 Å². The zero-order chi connectivity index (χ0) is 35.5. The molecule has 0 N–H and O–H groups in total. The van der Waals surface area contributed by atoms with Crippen LogP contribution in [0.15, 0.2) is 103 Å². The van der Waals surface area contributed by atoms with Gasteiger partial charge in [-0.25, -0.2) is 0 Å². The summed E-state index contributed by atoms with van der Waals surface area (Å²) >= 11 is 0. The normalized spacial score (nSPS) is 20.2. The number of ketones is 1. The SMILES string of the molecule is C.C.C1=CC2CCC1C2.C1=CCCCC1.C1=CCCCC1.C1CCCCC1.CC.CC(=O)c1ccccc1.CC1CCCCC1.c1ccccc1. The molecule has 6 aliphatic rings. The van der Waals surface area contributed by atoms with Gasteiger partial charge in [-0.15, -0.1) is 0 Å². The number of carbonyl (C=O) groups is 1. The first-order chi connectivity index (χ1) is 24.1. The van der Waals surface area contributed by atoms with Gasteiger partial charge in [-0.3, -0.25) is 4.79 Å². The lowest BCUT2D eigenvalue weighted by atomic mass is 9.91.